The molecule has 152 valence electrons. The molecule has 30 heavy (non-hydrogen) atoms. The number of halogens is 2. The summed E-state index contributed by atoms with van der Waals surface area (Å²) in [6.45, 7) is 0. The molecule has 2 unspecified atom stereocenters. The van der Waals surface area contributed by atoms with Crippen LogP contribution in [0.5, 0.6) is 5.75 Å². The van der Waals surface area contributed by atoms with Gasteiger partial charge in [-0.3, -0.25) is 0 Å². The number of nitrogens with zero attached hydrogens (tertiary/aromatic N) is 3. The van der Waals surface area contributed by atoms with Gasteiger partial charge in [-0.1, -0.05) is 35.9 Å². The van der Waals surface area contributed by atoms with Gasteiger partial charge in [-0.25, -0.2) is 9.40 Å². The molecular formula is C24H21ClFN3O. The smallest absolute Gasteiger partial charge is 0.213 e. The van der Waals surface area contributed by atoms with E-state index in [4.69, 9.17) is 21.4 Å². The van der Waals surface area contributed by atoms with Gasteiger partial charge < -0.3 is 9.64 Å². The minimum atomic E-state index is -0.349. The molecule has 2 aliphatic heterocycles. The lowest BCUT2D eigenvalue weighted by Gasteiger charge is -2.38. The summed E-state index contributed by atoms with van der Waals surface area (Å²) in [6, 6.07) is 20.5. The molecule has 6 heteroatoms. The summed E-state index contributed by atoms with van der Waals surface area (Å²) in [5.74, 6) is 0.562. The number of hydrogen-bond acceptors (Lipinski definition) is 4. The van der Waals surface area contributed by atoms with Crippen LogP contribution in [0.4, 0.5) is 10.1 Å². The second kappa shape index (κ2) is 7.33. The van der Waals surface area contributed by atoms with Gasteiger partial charge in [0.25, 0.3) is 0 Å². The molecule has 0 saturated carbocycles. The highest BCUT2D eigenvalue weighted by atomic mass is 35.5. The van der Waals surface area contributed by atoms with Gasteiger partial charge >= 0.3 is 0 Å². The van der Waals surface area contributed by atoms with E-state index in [9.17, 15) is 4.39 Å². The number of benzene rings is 3. The summed E-state index contributed by atoms with van der Waals surface area (Å²) in [4.78, 5) is 2.06. The van der Waals surface area contributed by atoms with E-state index in [-0.39, 0.29) is 18.1 Å². The first kappa shape index (κ1) is 18.9. The van der Waals surface area contributed by atoms with Gasteiger partial charge in [0.05, 0.1) is 11.8 Å². The Morgan fingerprint density at radius 3 is 2.47 bits per heavy atom. The number of ether oxygens (including phenoxy) is 1. The van der Waals surface area contributed by atoms with Crippen molar-refractivity contribution in [1.82, 2.24) is 5.01 Å². The molecule has 5 rings (SSSR count). The fourth-order valence-electron chi connectivity index (χ4n) is 4.03. The van der Waals surface area contributed by atoms with Crippen LogP contribution in [-0.4, -0.2) is 24.8 Å². The molecule has 3 aromatic carbocycles. The maximum absolute atomic E-state index is 13.4. The zero-order chi connectivity index (χ0) is 20.8. The Hall–Kier alpha value is -3.05. The highest BCUT2D eigenvalue weighted by molar-refractivity contribution is 6.30. The Morgan fingerprint density at radius 1 is 1.03 bits per heavy atom. The highest BCUT2D eigenvalue weighted by Gasteiger charge is 2.41. The van der Waals surface area contributed by atoms with Crippen molar-refractivity contribution in [1.29, 1.82) is 0 Å². The zero-order valence-corrected chi connectivity index (χ0v) is 17.5. The molecular weight excluding hydrogens is 401 g/mol. The Balaban J connectivity index is 1.57. The Bertz CT molecular complexity index is 1110. The molecule has 4 nitrogen and oxygen atoms in total. The Morgan fingerprint density at radius 2 is 1.77 bits per heavy atom. The lowest BCUT2D eigenvalue weighted by molar-refractivity contribution is -0.0190. The third-order valence-corrected chi connectivity index (χ3v) is 5.86. The molecule has 0 bridgehead atoms. The van der Waals surface area contributed by atoms with Crippen molar-refractivity contribution in [3.8, 4) is 5.75 Å². The van der Waals surface area contributed by atoms with Crippen LogP contribution in [0.25, 0.3) is 0 Å². The van der Waals surface area contributed by atoms with Crippen LogP contribution in [-0.2, 0) is 0 Å². The normalized spacial score (nSPS) is 19.6. The first-order valence-electron chi connectivity index (χ1n) is 9.85. The molecule has 2 heterocycles. The highest BCUT2D eigenvalue weighted by Crippen LogP contribution is 2.48. The van der Waals surface area contributed by atoms with Crippen LogP contribution < -0.4 is 9.64 Å². The van der Waals surface area contributed by atoms with Crippen LogP contribution in [0.3, 0.4) is 0 Å². The van der Waals surface area contributed by atoms with Gasteiger partial charge in [0.2, 0.25) is 6.23 Å². The molecule has 2 atom stereocenters. The summed E-state index contributed by atoms with van der Waals surface area (Å²) in [5, 5.41) is 7.57. The Kier molecular flexibility index (Phi) is 4.63. The average molecular weight is 422 g/mol. The van der Waals surface area contributed by atoms with E-state index in [0.29, 0.717) is 11.4 Å². The van der Waals surface area contributed by atoms with Crippen molar-refractivity contribution in [3.63, 3.8) is 0 Å². The molecule has 2 aliphatic rings. The molecule has 0 amide bonds. The monoisotopic (exact) mass is 421 g/mol. The van der Waals surface area contributed by atoms with Gasteiger partial charge in [-0.15, -0.1) is 0 Å². The quantitative estimate of drug-likeness (QED) is 0.536. The van der Waals surface area contributed by atoms with Crippen molar-refractivity contribution in [2.75, 3.05) is 19.0 Å². The number of fused-ring (bicyclic) bond motifs is 3. The van der Waals surface area contributed by atoms with E-state index >= 15 is 0 Å². The third-order valence-electron chi connectivity index (χ3n) is 5.62. The second-order valence-electron chi connectivity index (χ2n) is 7.79. The van der Waals surface area contributed by atoms with Gasteiger partial charge in [-0.2, -0.15) is 5.10 Å². The van der Waals surface area contributed by atoms with Gasteiger partial charge in [-0.05, 0) is 48.0 Å². The summed E-state index contributed by atoms with van der Waals surface area (Å²) in [7, 11) is 4.03. The minimum absolute atomic E-state index is 0.00558. The number of anilines is 1. The zero-order valence-electron chi connectivity index (χ0n) is 16.7. The first-order valence-corrected chi connectivity index (χ1v) is 10.2. The number of hydrogen-bond donors (Lipinski definition) is 0. The lowest BCUT2D eigenvalue weighted by atomic mass is 9.96. The number of hydrazone groups is 1. The summed E-state index contributed by atoms with van der Waals surface area (Å²) >= 11 is 6.28. The van der Waals surface area contributed by atoms with Crippen LogP contribution in [0.15, 0.2) is 71.8 Å². The van der Waals surface area contributed by atoms with Crippen molar-refractivity contribution >= 4 is 23.0 Å². The van der Waals surface area contributed by atoms with E-state index in [2.05, 4.69) is 29.2 Å². The lowest BCUT2D eigenvalue weighted by Crippen LogP contribution is -2.33. The van der Waals surface area contributed by atoms with E-state index < -0.39 is 0 Å². The number of rotatable bonds is 3. The molecule has 0 N–H and O–H groups in total. The minimum Gasteiger partial charge on any atom is -0.464 e. The topological polar surface area (TPSA) is 28.1 Å². The van der Waals surface area contributed by atoms with E-state index in [1.165, 1.54) is 12.1 Å². The van der Waals surface area contributed by atoms with Crippen molar-refractivity contribution in [2.24, 2.45) is 5.10 Å². The van der Waals surface area contributed by atoms with Gasteiger partial charge in [0.15, 0.2) is 0 Å². The van der Waals surface area contributed by atoms with Crippen LogP contribution in [0.2, 0.25) is 5.02 Å². The van der Waals surface area contributed by atoms with E-state index in [0.717, 1.165) is 33.8 Å². The predicted molar refractivity (Wildman–Crippen MR) is 118 cm³/mol. The van der Waals surface area contributed by atoms with Crippen LogP contribution in [0, 0.1) is 5.82 Å². The van der Waals surface area contributed by atoms with Crippen LogP contribution in [0.1, 0.15) is 35.4 Å². The van der Waals surface area contributed by atoms with Crippen molar-refractivity contribution in [2.45, 2.75) is 18.7 Å². The SMILES string of the molecule is CN(C)c1ccc(C2Oc3ccc(Cl)cc3C3CC(c4ccc(F)cc4)=NN32)cc1. The summed E-state index contributed by atoms with van der Waals surface area (Å²) in [5.41, 5.74) is 4.98. The largest absolute Gasteiger partial charge is 0.464 e. The fraction of sp³-hybridized carbons (Fsp3) is 0.208. The maximum Gasteiger partial charge on any atom is 0.213 e. The van der Waals surface area contributed by atoms with E-state index in [1.807, 2.05) is 37.3 Å². The molecule has 0 fully saturated rings. The fourth-order valence-corrected chi connectivity index (χ4v) is 4.21. The molecule has 0 radical (unpaired) electrons. The molecule has 3 aromatic rings. The van der Waals surface area contributed by atoms with Crippen molar-refractivity contribution < 1.29 is 9.13 Å². The van der Waals surface area contributed by atoms with Gasteiger partial charge in [0, 0.05) is 42.4 Å². The predicted octanol–water partition coefficient (Wildman–Crippen LogP) is 5.79. The van der Waals surface area contributed by atoms with Crippen molar-refractivity contribution in [3.05, 3.63) is 94.3 Å². The second-order valence-corrected chi connectivity index (χ2v) is 8.23. The first-order chi connectivity index (χ1) is 14.5. The van der Waals surface area contributed by atoms with E-state index in [1.54, 1.807) is 12.1 Å². The van der Waals surface area contributed by atoms with Crippen LogP contribution >= 0.6 is 11.6 Å². The molecule has 0 spiro atoms. The maximum atomic E-state index is 13.4. The third kappa shape index (κ3) is 3.29. The summed E-state index contributed by atoms with van der Waals surface area (Å²) in [6.07, 6.45) is 0.354. The Labute approximate surface area is 180 Å². The summed E-state index contributed by atoms with van der Waals surface area (Å²) < 4.78 is 19.8. The molecule has 0 saturated heterocycles. The standard InChI is InChI=1S/C24H21ClFN3O/c1-28(2)19-10-5-16(6-11-19)24-29-22(20-13-17(25)7-12-23(20)30-24)14-21(27-29)15-3-8-18(26)9-4-15/h3-13,22,24H,14H2,1-2H3. The molecule has 0 aromatic heterocycles. The average Bonchev–Trinajstić information content (AvgIpc) is 3.19. The van der Waals surface area contributed by atoms with Gasteiger partial charge in [0.1, 0.15) is 11.6 Å². The molecule has 0 aliphatic carbocycles.